The molecule has 0 bridgehead atoms. The minimum Gasteiger partial charge on any atom is -0.375 e. The molecular formula is C28H36N3OS2+. The van der Waals surface area contributed by atoms with Gasteiger partial charge in [-0.15, -0.1) is 0 Å². The van der Waals surface area contributed by atoms with Crippen molar-refractivity contribution in [3.8, 4) is 0 Å². The number of allylic oxidation sites excluding steroid dienone is 1. The van der Waals surface area contributed by atoms with E-state index >= 15 is 0 Å². The fourth-order valence-corrected chi connectivity index (χ4v) is 7.62. The summed E-state index contributed by atoms with van der Waals surface area (Å²) in [5.41, 5.74) is 6.37. The molecule has 2 aliphatic rings. The Bertz CT molecular complexity index is 1090. The van der Waals surface area contributed by atoms with Gasteiger partial charge in [-0.3, -0.25) is 4.79 Å². The van der Waals surface area contributed by atoms with Crippen LogP contribution in [0.4, 0.5) is 11.4 Å². The molecule has 2 heterocycles. The van der Waals surface area contributed by atoms with Gasteiger partial charge in [0.25, 0.3) is 0 Å². The fourth-order valence-electron chi connectivity index (χ4n) is 4.86. The Hall–Kier alpha value is -2.18. The van der Waals surface area contributed by atoms with E-state index in [9.17, 15) is 4.79 Å². The lowest BCUT2D eigenvalue weighted by molar-refractivity contribution is -0.401. The molecule has 0 aromatic heterocycles. The SMILES string of the molecule is CN(CCCN(C)c1ccc(/C=C/C2=[N+](C)c3ccccc3C2(C)C)cc1)C(=O)C1CSSC1. The van der Waals surface area contributed by atoms with Crippen LogP contribution in [0.5, 0.6) is 0 Å². The smallest absolute Gasteiger partial charge is 0.227 e. The number of hydrogen-bond acceptors (Lipinski definition) is 4. The third-order valence-corrected chi connectivity index (χ3v) is 9.60. The second kappa shape index (κ2) is 10.6. The number of hydrogen-bond donors (Lipinski definition) is 0. The van der Waals surface area contributed by atoms with Crippen molar-refractivity contribution < 1.29 is 9.37 Å². The molecule has 1 amide bonds. The summed E-state index contributed by atoms with van der Waals surface area (Å²) in [6, 6.07) is 17.4. The van der Waals surface area contributed by atoms with Crippen LogP contribution < -0.4 is 4.90 Å². The Labute approximate surface area is 212 Å². The van der Waals surface area contributed by atoms with Crippen molar-refractivity contribution in [3.05, 3.63) is 65.7 Å². The topological polar surface area (TPSA) is 26.6 Å². The summed E-state index contributed by atoms with van der Waals surface area (Å²) in [5.74, 6) is 2.40. The van der Waals surface area contributed by atoms with Crippen LogP contribution in [-0.2, 0) is 10.2 Å². The Balaban J connectivity index is 1.32. The van der Waals surface area contributed by atoms with Crippen molar-refractivity contribution in [1.82, 2.24) is 4.90 Å². The van der Waals surface area contributed by atoms with Crippen LogP contribution in [0.25, 0.3) is 6.08 Å². The van der Waals surface area contributed by atoms with Gasteiger partial charge in [-0.25, -0.2) is 0 Å². The molecule has 1 saturated heterocycles. The summed E-state index contributed by atoms with van der Waals surface area (Å²) >= 11 is 0. The lowest BCUT2D eigenvalue weighted by atomic mass is 9.81. The molecule has 4 nitrogen and oxygen atoms in total. The molecule has 6 heteroatoms. The summed E-state index contributed by atoms with van der Waals surface area (Å²) < 4.78 is 2.31. The zero-order chi connectivity index (χ0) is 24.3. The van der Waals surface area contributed by atoms with Gasteiger partial charge in [0.15, 0.2) is 5.71 Å². The van der Waals surface area contributed by atoms with Gasteiger partial charge in [-0.2, -0.15) is 4.58 Å². The van der Waals surface area contributed by atoms with Crippen LogP contribution in [0.15, 0.2) is 54.6 Å². The van der Waals surface area contributed by atoms with Crippen molar-refractivity contribution in [1.29, 1.82) is 0 Å². The Morgan fingerprint density at radius 2 is 1.71 bits per heavy atom. The van der Waals surface area contributed by atoms with Crippen LogP contribution >= 0.6 is 21.6 Å². The van der Waals surface area contributed by atoms with E-state index in [0.29, 0.717) is 5.91 Å². The fraction of sp³-hybridized carbons (Fsp3) is 0.429. The predicted octanol–water partition coefficient (Wildman–Crippen LogP) is 5.70. The first-order chi connectivity index (χ1) is 16.3. The third kappa shape index (κ3) is 5.23. The van der Waals surface area contributed by atoms with E-state index < -0.39 is 0 Å². The van der Waals surface area contributed by atoms with E-state index in [1.54, 1.807) is 0 Å². The zero-order valence-electron chi connectivity index (χ0n) is 21.0. The normalized spacial score (nSPS) is 17.4. The van der Waals surface area contributed by atoms with E-state index in [0.717, 1.165) is 31.0 Å². The van der Waals surface area contributed by atoms with Gasteiger partial charge in [0.05, 0.1) is 11.3 Å². The van der Waals surface area contributed by atoms with E-state index in [1.165, 1.54) is 28.2 Å². The maximum Gasteiger partial charge on any atom is 0.227 e. The van der Waals surface area contributed by atoms with Gasteiger partial charge in [0.1, 0.15) is 7.05 Å². The molecule has 0 spiro atoms. The van der Waals surface area contributed by atoms with Gasteiger partial charge < -0.3 is 9.80 Å². The first-order valence-corrected chi connectivity index (χ1v) is 14.5. The number of fused-ring (bicyclic) bond motifs is 1. The number of carbonyl (C=O) groups is 1. The van der Waals surface area contributed by atoms with Crippen molar-refractivity contribution in [2.75, 3.05) is 50.6 Å². The molecule has 0 unspecified atom stereocenters. The minimum atomic E-state index is -0.00795. The minimum absolute atomic E-state index is 0.00795. The predicted molar refractivity (Wildman–Crippen MR) is 150 cm³/mol. The second-order valence-corrected chi connectivity index (χ2v) is 12.4. The zero-order valence-corrected chi connectivity index (χ0v) is 22.6. The van der Waals surface area contributed by atoms with E-state index in [1.807, 2.05) is 33.5 Å². The van der Waals surface area contributed by atoms with Crippen LogP contribution in [0.3, 0.4) is 0 Å². The van der Waals surface area contributed by atoms with Gasteiger partial charge >= 0.3 is 0 Å². The Morgan fingerprint density at radius 1 is 1.03 bits per heavy atom. The van der Waals surface area contributed by atoms with Crippen molar-refractivity contribution in [3.63, 3.8) is 0 Å². The molecule has 180 valence electrons. The van der Waals surface area contributed by atoms with E-state index in [4.69, 9.17) is 0 Å². The molecule has 0 N–H and O–H groups in total. The highest BCUT2D eigenvalue weighted by molar-refractivity contribution is 8.77. The van der Waals surface area contributed by atoms with Gasteiger partial charge in [-0.1, -0.05) is 51.9 Å². The number of carbonyl (C=O) groups excluding carboxylic acids is 1. The third-order valence-electron chi connectivity index (χ3n) is 7.04. The first-order valence-electron chi connectivity index (χ1n) is 12.0. The molecule has 2 aliphatic heterocycles. The van der Waals surface area contributed by atoms with Gasteiger partial charge in [0, 0.05) is 62.1 Å². The molecular weight excluding hydrogens is 458 g/mol. The largest absolute Gasteiger partial charge is 0.375 e. The molecule has 0 saturated carbocycles. The number of benzene rings is 2. The highest BCUT2D eigenvalue weighted by Gasteiger charge is 2.42. The van der Waals surface area contributed by atoms with Crippen LogP contribution in [-0.4, -0.2) is 66.8 Å². The lowest BCUT2D eigenvalue weighted by Crippen LogP contribution is -2.35. The molecule has 2 aromatic rings. The van der Waals surface area contributed by atoms with Crippen molar-refractivity contribution >= 4 is 50.7 Å². The molecule has 2 aromatic carbocycles. The van der Waals surface area contributed by atoms with Gasteiger partial charge in [-0.05, 0) is 44.0 Å². The average Bonchev–Trinajstić information content (AvgIpc) is 3.44. The highest BCUT2D eigenvalue weighted by Crippen LogP contribution is 2.39. The number of para-hydroxylation sites is 1. The Kier molecular flexibility index (Phi) is 7.78. The molecule has 34 heavy (non-hydrogen) atoms. The number of anilines is 1. The molecule has 0 aliphatic carbocycles. The number of rotatable bonds is 8. The summed E-state index contributed by atoms with van der Waals surface area (Å²) in [7, 11) is 9.85. The molecule has 0 atom stereocenters. The summed E-state index contributed by atoms with van der Waals surface area (Å²) in [5, 5.41) is 0. The number of amides is 1. The maximum atomic E-state index is 12.5. The summed E-state index contributed by atoms with van der Waals surface area (Å²) in [4.78, 5) is 16.7. The standard InChI is InChI=1S/C28H36N3OS2/c1-28(2)24-9-6-7-10-25(24)31(5)26(28)16-13-21-11-14-23(15-12-21)29(3)17-8-18-30(4)27(32)22-19-33-34-20-22/h6-7,9-16,22H,8,17-20H2,1-5H3/q+1. The monoisotopic (exact) mass is 494 g/mol. The second-order valence-electron chi connectivity index (χ2n) is 9.81. The molecule has 0 radical (unpaired) electrons. The molecule has 4 rings (SSSR count). The van der Waals surface area contributed by atoms with Crippen LogP contribution in [0.2, 0.25) is 0 Å². The summed E-state index contributed by atoms with van der Waals surface area (Å²) in [6.07, 6.45) is 5.43. The van der Waals surface area contributed by atoms with Crippen LogP contribution in [0.1, 0.15) is 31.4 Å². The average molecular weight is 495 g/mol. The van der Waals surface area contributed by atoms with E-state index in [-0.39, 0.29) is 11.3 Å². The molecule has 1 fully saturated rings. The first kappa shape index (κ1) is 24.9. The quantitative estimate of drug-likeness (QED) is 0.347. The Morgan fingerprint density at radius 3 is 2.38 bits per heavy atom. The van der Waals surface area contributed by atoms with Crippen LogP contribution in [0, 0.1) is 5.92 Å². The van der Waals surface area contributed by atoms with E-state index in [2.05, 4.69) is 98.1 Å². The van der Waals surface area contributed by atoms with Crippen molar-refractivity contribution in [2.45, 2.75) is 25.7 Å². The number of nitrogens with zero attached hydrogens (tertiary/aromatic N) is 3. The van der Waals surface area contributed by atoms with Gasteiger partial charge in [0.2, 0.25) is 11.6 Å². The lowest BCUT2D eigenvalue weighted by Gasteiger charge is -2.23. The highest BCUT2D eigenvalue weighted by atomic mass is 33.1. The van der Waals surface area contributed by atoms with Crippen molar-refractivity contribution in [2.24, 2.45) is 5.92 Å². The summed E-state index contributed by atoms with van der Waals surface area (Å²) in [6.45, 7) is 6.32. The maximum absolute atomic E-state index is 12.5.